The number of amides is 2. The molecular weight excluding hydrogens is 440 g/mol. The first-order valence-corrected chi connectivity index (χ1v) is 12.0. The van der Waals surface area contributed by atoms with Crippen molar-refractivity contribution >= 4 is 41.4 Å². The van der Waals surface area contributed by atoms with Crippen LogP contribution < -0.4 is 21.1 Å². The molecule has 1 unspecified atom stereocenters. The summed E-state index contributed by atoms with van der Waals surface area (Å²) in [7, 11) is 0. The Morgan fingerprint density at radius 2 is 1.59 bits per heavy atom. The van der Waals surface area contributed by atoms with Crippen LogP contribution in [-0.2, 0) is 9.59 Å². The summed E-state index contributed by atoms with van der Waals surface area (Å²) in [6.07, 6.45) is 2.01. The zero-order chi connectivity index (χ0) is 24.5. The lowest BCUT2D eigenvalue weighted by Crippen LogP contribution is -2.46. The van der Waals surface area contributed by atoms with Gasteiger partial charge in [0, 0.05) is 15.4 Å². The number of carbonyl (C=O) groups excluding carboxylic acids is 2. The molecule has 0 aromatic heterocycles. The quantitative estimate of drug-likeness (QED) is 0.474. The number of nitrogens with one attached hydrogen (secondary N) is 2. The summed E-state index contributed by atoms with van der Waals surface area (Å²) in [5, 5.41) is 7.37. The number of hydrogen-bond acceptors (Lipinski definition) is 3. The average Bonchev–Trinajstić information content (AvgIpc) is 2.82. The molecule has 174 valence electrons. The molecule has 0 aliphatic rings. The van der Waals surface area contributed by atoms with E-state index in [9.17, 15) is 9.59 Å². The van der Waals surface area contributed by atoms with Crippen molar-refractivity contribution in [1.82, 2.24) is 5.32 Å². The van der Waals surface area contributed by atoms with E-state index >= 15 is 0 Å². The van der Waals surface area contributed by atoms with Gasteiger partial charge in [-0.1, -0.05) is 99.4 Å². The molecule has 3 aromatic carbocycles. The minimum absolute atomic E-state index is 0.206. The fraction of sp³-hybridized carbons (Fsp3) is 0.172. The molecule has 4 nitrogen and oxygen atoms in total. The molecule has 34 heavy (non-hydrogen) atoms. The summed E-state index contributed by atoms with van der Waals surface area (Å²) < 4.78 is 0. The first-order valence-electron chi connectivity index (χ1n) is 11.2. The topological polar surface area (TPSA) is 58.2 Å². The standard InChI is InChI=1S/C29H30N2O2S/c1-5-23(24-16-10-9-13-21(24)4)28(32)31-26(19-20(2)3)29(33)30-25-17-11-12-18-27(25)34-22-14-7-6-8-15-22/h5-18,20,26H,1,4,19H2,2-3H3,(H,30,33)(H,31,32)/b24-23+. The number of carbonyl (C=O) groups is 2. The smallest absolute Gasteiger partial charge is 0.252 e. The highest BCUT2D eigenvalue weighted by molar-refractivity contribution is 7.99. The van der Waals surface area contributed by atoms with Gasteiger partial charge in [-0.3, -0.25) is 9.59 Å². The fourth-order valence-corrected chi connectivity index (χ4v) is 4.46. The third-order valence-corrected chi connectivity index (χ3v) is 6.28. The molecule has 2 N–H and O–H groups in total. The predicted octanol–water partition coefficient (Wildman–Crippen LogP) is 4.75. The van der Waals surface area contributed by atoms with Gasteiger partial charge in [0.25, 0.3) is 5.91 Å². The number of para-hydroxylation sites is 1. The van der Waals surface area contributed by atoms with E-state index < -0.39 is 6.04 Å². The molecule has 5 heteroatoms. The second kappa shape index (κ2) is 12.1. The van der Waals surface area contributed by atoms with Crippen LogP contribution in [0.15, 0.2) is 101 Å². The Labute approximate surface area is 205 Å². The second-order valence-electron chi connectivity index (χ2n) is 8.33. The van der Waals surface area contributed by atoms with Crippen LogP contribution >= 0.6 is 11.8 Å². The largest absolute Gasteiger partial charge is 0.340 e. The van der Waals surface area contributed by atoms with Crippen LogP contribution in [0.4, 0.5) is 5.69 Å². The minimum Gasteiger partial charge on any atom is -0.340 e. The summed E-state index contributed by atoms with van der Waals surface area (Å²) in [5.74, 6) is -0.398. The molecule has 2 amide bonds. The molecule has 0 bridgehead atoms. The van der Waals surface area contributed by atoms with Gasteiger partial charge in [-0.25, -0.2) is 0 Å². The Morgan fingerprint density at radius 3 is 2.26 bits per heavy atom. The van der Waals surface area contributed by atoms with Crippen molar-refractivity contribution in [2.75, 3.05) is 5.32 Å². The Morgan fingerprint density at radius 1 is 0.941 bits per heavy atom. The van der Waals surface area contributed by atoms with Crippen LogP contribution in [0.3, 0.4) is 0 Å². The lowest BCUT2D eigenvalue weighted by molar-refractivity contribution is -0.123. The summed E-state index contributed by atoms with van der Waals surface area (Å²) in [5.41, 5.74) is 1.10. The van der Waals surface area contributed by atoms with Crippen molar-refractivity contribution in [3.8, 4) is 0 Å². The molecular formula is C29H30N2O2S. The summed E-state index contributed by atoms with van der Waals surface area (Å²) in [6.45, 7) is 11.9. The van der Waals surface area contributed by atoms with Crippen LogP contribution in [-0.4, -0.2) is 17.9 Å². The van der Waals surface area contributed by atoms with Crippen LogP contribution in [0.5, 0.6) is 0 Å². The van der Waals surface area contributed by atoms with Gasteiger partial charge in [-0.05, 0) is 47.0 Å². The lowest BCUT2D eigenvalue weighted by Gasteiger charge is -2.21. The van der Waals surface area contributed by atoms with Crippen LogP contribution in [0.25, 0.3) is 12.2 Å². The Kier molecular flexibility index (Phi) is 8.88. The van der Waals surface area contributed by atoms with Crippen LogP contribution in [0.1, 0.15) is 20.3 Å². The van der Waals surface area contributed by atoms with Crippen molar-refractivity contribution < 1.29 is 9.59 Å². The van der Waals surface area contributed by atoms with E-state index in [0.717, 1.165) is 15.0 Å². The van der Waals surface area contributed by atoms with Crippen LogP contribution in [0.2, 0.25) is 0 Å². The Balaban J connectivity index is 1.84. The number of benzene rings is 3. The zero-order valence-corrected chi connectivity index (χ0v) is 20.4. The molecule has 3 rings (SSSR count). The maximum absolute atomic E-state index is 13.3. The lowest BCUT2D eigenvalue weighted by atomic mass is 10.0. The molecule has 0 aliphatic carbocycles. The highest BCUT2D eigenvalue weighted by atomic mass is 32.2. The van der Waals surface area contributed by atoms with Gasteiger partial charge in [0.2, 0.25) is 5.91 Å². The number of hydrogen-bond donors (Lipinski definition) is 2. The van der Waals surface area contributed by atoms with E-state index in [-0.39, 0.29) is 17.7 Å². The molecule has 0 aliphatic heterocycles. The Bertz CT molecular complexity index is 1270. The fourth-order valence-electron chi connectivity index (χ4n) is 3.54. The van der Waals surface area contributed by atoms with Crippen molar-refractivity contribution in [2.45, 2.75) is 36.1 Å². The highest BCUT2D eigenvalue weighted by Gasteiger charge is 2.24. The third kappa shape index (κ3) is 6.72. The first kappa shape index (κ1) is 25.1. The number of rotatable bonds is 9. The van der Waals surface area contributed by atoms with E-state index in [0.29, 0.717) is 22.9 Å². The van der Waals surface area contributed by atoms with Gasteiger partial charge in [-0.2, -0.15) is 0 Å². The van der Waals surface area contributed by atoms with Crippen LogP contribution in [0, 0.1) is 5.92 Å². The minimum atomic E-state index is -0.700. The van der Waals surface area contributed by atoms with Gasteiger partial charge in [0.05, 0.1) is 5.69 Å². The summed E-state index contributed by atoms with van der Waals surface area (Å²) >= 11 is 1.58. The zero-order valence-electron chi connectivity index (χ0n) is 19.6. The van der Waals surface area contributed by atoms with E-state index in [1.54, 1.807) is 11.8 Å². The summed E-state index contributed by atoms with van der Waals surface area (Å²) in [6, 6.07) is 24.3. The monoisotopic (exact) mass is 470 g/mol. The molecule has 0 heterocycles. The van der Waals surface area contributed by atoms with Gasteiger partial charge < -0.3 is 10.6 Å². The molecule has 3 aromatic rings. The predicted molar refractivity (Wildman–Crippen MR) is 142 cm³/mol. The second-order valence-corrected chi connectivity index (χ2v) is 9.45. The molecule has 0 spiro atoms. The van der Waals surface area contributed by atoms with E-state index in [2.05, 4.69) is 23.8 Å². The van der Waals surface area contributed by atoms with Gasteiger partial charge >= 0.3 is 0 Å². The Hall–Kier alpha value is -3.57. The maximum atomic E-state index is 13.3. The summed E-state index contributed by atoms with van der Waals surface area (Å²) in [4.78, 5) is 28.5. The van der Waals surface area contributed by atoms with Crippen molar-refractivity contribution in [3.05, 3.63) is 102 Å². The maximum Gasteiger partial charge on any atom is 0.252 e. The average molecular weight is 471 g/mol. The number of anilines is 1. The van der Waals surface area contributed by atoms with Gasteiger partial charge in [-0.15, -0.1) is 0 Å². The van der Waals surface area contributed by atoms with Gasteiger partial charge in [0.1, 0.15) is 6.04 Å². The third-order valence-electron chi connectivity index (χ3n) is 5.20. The molecule has 0 radical (unpaired) electrons. The SMILES string of the molecule is C=C/C(C(=O)NC(CC(C)C)C(=O)Nc1ccccc1Sc1ccccc1)=c1/ccccc1=C. The van der Waals surface area contributed by atoms with Crippen molar-refractivity contribution in [1.29, 1.82) is 0 Å². The van der Waals surface area contributed by atoms with Crippen molar-refractivity contribution in [2.24, 2.45) is 5.92 Å². The van der Waals surface area contributed by atoms with E-state index in [4.69, 9.17) is 0 Å². The van der Waals surface area contributed by atoms with Gasteiger partial charge in [0.15, 0.2) is 0 Å². The first-order chi connectivity index (χ1) is 16.4. The van der Waals surface area contributed by atoms with E-state index in [1.807, 2.05) is 92.7 Å². The van der Waals surface area contributed by atoms with E-state index in [1.165, 1.54) is 6.08 Å². The normalized spacial score (nSPS) is 12.6. The molecule has 0 fully saturated rings. The molecule has 0 saturated heterocycles. The highest BCUT2D eigenvalue weighted by Crippen LogP contribution is 2.33. The molecule has 1 atom stereocenters. The molecule has 0 saturated carbocycles. The van der Waals surface area contributed by atoms with Crippen molar-refractivity contribution in [3.63, 3.8) is 0 Å².